The number of nitrogen functional groups attached to an aromatic ring is 1. The van der Waals surface area contributed by atoms with Gasteiger partial charge in [0.1, 0.15) is 0 Å². The highest BCUT2D eigenvalue weighted by Gasteiger charge is 2.20. The van der Waals surface area contributed by atoms with Crippen molar-refractivity contribution >= 4 is 17.3 Å². The maximum Gasteiger partial charge on any atom is 0.250 e. The maximum atomic E-state index is 11.4. The summed E-state index contributed by atoms with van der Waals surface area (Å²) in [6.45, 7) is 3.26. The molecule has 1 atom stereocenters. The number of carbonyl (C=O) groups is 1. The van der Waals surface area contributed by atoms with Crippen LogP contribution in [0.1, 0.15) is 49.4 Å². The van der Waals surface area contributed by atoms with Crippen molar-refractivity contribution in [2.45, 2.75) is 45.1 Å². The van der Waals surface area contributed by atoms with Gasteiger partial charge in [0, 0.05) is 24.0 Å². The van der Waals surface area contributed by atoms with Gasteiger partial charge in [-0.3, -0.25) is 4.79 Å². The first kappa shape index (κ1) is 13.7. The number of nitrogens with two attached hydrogens (primary N) is 2. The number of nitrogens with zero attached hydrogens (tertiary/aromatic N) is 1. The third-order valence-corrected chi connectivity index (χ3v) is 3.98. The summed E-state index contributed by atoms with van der Waals surface area (Å²) in [4.78, 5) is 13.8. The Morgan fingerprint density at radius 1 is 1.37 bits per heavy atom. The van der Waals surface area contributed by atoms with Gasteiger partial charge in [-0.05, 0) is 37.5 Å². The molecular weight excluding hydrogens is 238 g/mol. The lowest BCUT2D eigenvalue weighted by Gasteiger charge is -2.32. The molecular formula is C15H23N3O. The molecule has 0 aromatic heterocycles. The van der Waals surface area contributed by atoms with Crippen molar-refractivity contribution in [2.24, 2.45) is 5.73 Å². The largest absolute Gasteiger partial charge is 0.398 e. The fourth-order valence-electron chi connectivity index (χ4n) is 2.88. The molecule has 1 amide bonds. The Bertz CT molecular complexity index is 459. The third kappa shape index (κ3) is 3.00. The number of amides is 1. The van der Waals surface area contributed by atoms with E-state index < -0.39 is 5.91 Å². The quantitative estimate of drug-likeness (QED) is 0.821. The topological polar surface area (TPSA) is 72.3 Å². The second-order valence-corrected chi connectivity index (χ2v) is 5.24. The van der Waals surface area contributed by atoms with E-state index in [9.17, 15) is 4.79 Å². The Labute approximate surface area is 114 Å². The van der Waals surface area contributed by atoms with Gasteiger partial charge in [0.05, 0.1) is 5.56 Å². The van der Waals surface area contributed by atoms with E-state index in [4.69, 9.17) is 11.5 Å². The molecule has 1 fully saturated rings. The number of rotatable bonds is 3. The average molecular weight is 261 g/mol. The van der Waals surface area contributed by atoms with Gasteiger partial charge in [-0.25, -0.2) is 0 Å². The highest BCUT2D eigenvalue weighted by Crippen LogP contribution is 2.28. The molecule has 4 nitrogen and oxygen atoms in total. The van der Waals surface area contributed by atoms with Crippen LogP contribution in [0.4, 0.5) is 11.4 Å². The molecule has 0 aliphatic carbocycles. The Morgan fingerprint density at radius 2 is 2.16 bits per heavy atom. The normalized spacial score (nSPS) is 20.1. The molecule has 0 saturated carbocycles. The summed E-state index contributed by atoms with van der Waals surface area (Å²) in [6.07, 6.45) is 6.10. The van der Waals surface area contributed by atoms with Gasteiger partial charge < -0.3 is 16.4 Å². The van der Waals surface area contributed by atoms with E-state index in [-0.39, 0.29) is 0 Å². The summed E-state index contributed by atoms with van der Waals surface area (Å²) in [5, 5.41) is 0. The first-order valence-corrected chi connectivity index (χ1v) is 7.09. The van der Waals surface area contributed by atoms with Gasteiger partial charge in [0.15, 0.2) is 0 Å². The van der Waals surface area contributed by atoms with E-state index in [1.807, 2.05) is 12.1 Å². The molecule has 1 heterocycles. The first-order valence-electron chi connectivity index (χ1n) is 7.09. The molecule has 0 radical (unpaired) electrons. The smallest absolute Gasteiger partial charge is 0.250 e. The van der Waals surface area contributed by atoms with Crippen LogP contribution in [0.5, 0.6) is 0 Å². The Hall–Kier alpha value is -1.71. The Kier molecular flexibility index (Phi) is 4.30. The second-order valence-electron chi connectivity index (χ2n) is 5.24. The third-order valence-electron chi connectivity index (χ3n) is 3.98. The molecule has 1 aliphatic rings. The minimum atomic E-state index is -0.456. The minimum absolute atomic E-state index is 0.427. The molecule has 1 unspecified atom stereocenters. The molecule has 4 heteroatoms. The Balaban J connectivity index is 2.33. The van der Waals surface area contributed by atoms with Crippen LogP contribution in [0.2, 0.25) is 0 Å². The predicted molar refractivity (Wildman–Crippen MR) is 79.3 cm³/mol. The van der Waals surface area contributed by atoms with Crippen LogP contribution in [-0.4, -0.2) is 18.5 Å². The lowest BCUT2D eigenvalue weighted by Crippen LogP contribution is -2.34. The van der Waals surface area contributed by atoms with Crippen molar-refractivity contribution in [3.63, 3.8) is 0 Å². The summed E-state index contributed by atoms with van der Waals surface area (Å²) in [5.74, 6) is -0.456. The van der Waals surface area contributed by atoms with Gasteiger partial charge in [0.2, 0.25) is 0 Å². The standard InChI is InChI=1S/C15H23N3O/c1-2-11-6-4-3-5-9-18(11)12-7-8-14(16)13(10-12)15(17)19/h7-8,10-11H,2-6,9,16H2,1H3,(H2,17,19). The first-order chi connectivity index (χ1) is 9.13. The van der Waals surface area contributed by atoms with E-state index in [0.717, 1.165) is 18.7 Å². The Morgan fingerprint density at radius 3 is 2.84 bits per heavy atom. The lowest BCUT2D eigenvalue weighted by molar-refractivity contribution is 0.100. The lowest BCUT2D eigenvalue weighted by atomic mass is 10.1. The van der Waals surface area contributed by atoms with Gasteiger partial charge in [-0.1, -0.05) is 19.8 Å². The fourth-order valence-corrected chi connectivity index (χ4v) is 2.88. The van der Waals surface area contributed by atoms with Crippen molar-refractivity contribution in [3.8, 4) is 0 Å². The molecule has 4 N–H and O–H groups in total. The van der Waals surface area contributed by atoms with Gasteiger partial charge in [-0.2, -0.15) is 0 Å². The number of benzene rings is 1. The van der Waals surface area contributed by atoms with Crippen molar-refractivity contribution < 1.29 is 4.79 Å². The van der Waals surface area contributed by atoms with Crippen LogP contribution in [0.25, 0.3) is 0 Å². The van der Waals surface area contributed by atoms with Crippen LogP contribution in [0.15, 0.2) is 18.2 Å². The molecule has 1 saturated heterocycles. The summed E-state index contributed by atoms with van der Waals surface area (Å²) in [5.41, 5.74) is 13.1. The zero-order valence-electron chi connectivity index (χ0n) is 11.6. The predicted octanol–water partition coefficient (Wildman–Crippen LogP) is 2.53. The molecule has 1 aromatic rings. The number of carbonyl (C=O) groups excluding carboxylic acids is 1. The summed E-state index contributed by atoms with van der Waals surface area (Å²) in [7, 11) is 0. The summed E-state index contributed by atoms with van der Waals surface area (Å²) >= 11 is 0. The molecule has 2 rings (SSSR count). The summed E-state index contributed by atoms with van der Waals surface area (Å²) in [6, 6.07) is 6.17. The second kappa shape index (κ2) is 5.95. The average Bonchev–Trinajstić information content (AvgIpc) is 2.64. The SMILES string of the molecule is CCC1CCCCCN1c1ccc(N)c(C(N)=O)c1. The van der Waals surface area contributed by atoms with Crippen LogP contribution < -0.4 is 16.4 Å². The van der Waals surface area contributed by atoms with E-state index in [1.165, 1.54) is 25.7 Å². The van der Waals surface area contributed by atoms with Crippen LogP contribution in [0, 0.1) is 0 Å². The van der Waals surface area contributed by atoms with Crippen molar-refractivity contribution in [3.05, 3.63) is 23.8 Å². The highest BCUT2D eigenvalue weighted by atomic mass is 16.1. The molecule has 104 valence electrons. The van der Waals surface area contributed by atoms with Crippen molar-refractivity contribution in [2.75, 3.05) is 17.2 Å². The fraction of sp³-hybridized carbons (Fsp3) is 0.533. The van der Waals surface area contributed by atoms with Crippen LogP contribution in [0.3, 0.4) is 0 Å². The van der Waals surface area contributed by atoms with E-state index in [2.05, 4.69) is 11.8 Å². The van der Waals surface area contributed by atoms with Crippen molar-refractivity contribution in [1.29, 1.82) is 0 Å². The molecule has 0 bridgehead atoms. The monoisotopic (exact) mass is 261 g/mol. The zero-order valence-corrected chi connectivity index (χ0v) is 11.6. The van der Waals surface area contributed by atoms with Gasteiger partial charge in [-0.15, -0.1) is 0 Å². The van der Waals surface area contributed by atoms with Crippen LogP contribution in [-0.2, 0) is 0 Å². The van der Waals surface area contributed by atoms with Crippen molar-refractivity contribution in [1.82, 2.24) is 0 Å². The zero-order chi connectivity index (χ0) is 13.8. The van der Waals surface area contributed by atoms with Gasteiger partial charge in [0.25, 0.3) is 5.91 Å². The summed E-state index contributed by atoms with van der Waals surface area (Å²) < 4.78 is 0. The molecule has 0 spiro atoms. The maximum absolute atomic E-state index is 11.4. The minimum Gasteiger partial charge on any atom is -0.398 e. The number of hydrogen-bond donors (Lipinski definition) is 2. The molecule has 1 aliphatic heterocycles. The highest BCUT2D eigenvalue weighted by molar-refractivity contribution is 5.99. The van der Waals surface area contributed by atoms with Crippen LogP contribution >= 0.6 is 0 Å². The number of anilines is 2. The molecule has 1 aromatic carbocycles. The number of hydrogen-bond acceptors (Lipinski definition) is 3. The van der Waals surface area contributed by atoms with Gasteiger partial charge >= 0.3 is 0 Å². The number of primary amides is 1. The van der Waals surface area contributed by atoms with E-state index in [0.29, 0.717) is 17.3 Å². The molecule has 19 heavy (non-hydrogen) atoms. The van der Waals surface area contributed by atoms with E-state index in [1.54, 1.807) is 6.07 Å². The van der Waals surface area contributed by atoms with E-state index >= 15 is 0 Å².